The highest BCUT2D eigenvalue weighted by molar-refractivity contribution is 5.79. The third kappa shape index (κ3) is 4.30. The molecule has 0 aliphatic carbocycles. The minimum Gasteiger partial charge on any atom is -0.493 e. The van der Waals surface area contributed by atoms with Gasteiger partial charge in [0.15, 0.2) is 0 Å². The van der Waals surface area contributed by atoms with Crippen molar-refractivity contribution in [3.8, 4) is 16.9 Å². The van der Waals surface area contributed by atoms with Crippen molar-refractivity contribution in [3.63, 3.8) is 0 Å². The molecule has 2 saturated heterocycles. The van der Waals surface area contributed by atoms with Gasteiger partial charge in [0.25, 0.3) is 0 Å². The number of amides is 1. The zero-order chi connectivity index (χ0) is 20.4. The van der Waals surface area contributed by atoms with E-state index in [4.69, 9.17) is 4.74 Å². The number of carbonyl (C=O) groups is 1. The first kappa shape index (κ1) is 19.9. The minimum atomic E-state index is -0.233. The minimum absolute atomic E-state index is 0.173. The summed E-state index contributed by atoms with van der Waals surface area (Å²) in [7, 11) is 0. The Bertz CT molecular complexity index is 886. The van der Waals surface area contributed by atoms with Crippen LogP contribution < -0.4 is 10.1 Å². The number of benzene rings is 2. The van der Waals surface area contributed by atoms with E-state index in [1.165, 1.54) is 17.7 Å². The van der Waals surface area contributed by atoms with Gasteiger partial charge in [-0.15, -0.1) is 0 Å². The normalized spacial score (nSPS) is 18.8. The molecule has 0 bridgehead atoms. The van der Waals surface area contributed by atoms with Crippen molar-refractivity contribution in [1.29, 1.82) is 0 Å². The number of nitrogens with one attached hydrogen (secondary N) is 1. The van der Waals surface area contributed by atoms with E-state index in [0.29, 0.717) is 13.0 Å². The molecular formula is C24H29FN2O2. The molecule has 29 heavy (non-hydrogen) atoms. The van der Waals surface area contributed by atoms with Gasteiger partial charge in [0, 0.05) is 25.1 Å². The summed E-state index contributed by atoms with van der Waals surface area (Å²) in [4.78, 5) is 14.1. The molecule has 2 heterocycles. The van der Waals surface area contributed by atoms with E-state index >= 15 is 0 Å². The highest BCUT2D eigenvalue weighted by Crippen LogP contribution is 2.39. The lowest BCUT2D eigenvalue weighted by atomic mass is 9.77. The fraction of sp³-hybridized carbons (Fsp3) is 0.458. The second-order valence-electron chi connectivity index (χ2n) is 8.46. The third-order valence-corrected chi connectivity index (χ3v) is 6.31. The maximum atomic E-state index is 13.3. The van der Waals surface area contributed by atoms with Gasteiger partial charge in [0.2, 0.25) is 5.91 Å². The molecule has 2 fully saturated rings. The third-order valence-electron chi connectivity index (χ3n) is 6.31. The molecule has 0 radical (unpaired) electrons. The summed E-state index contributed by atoms with van der Waals surface area (Å²) in [5, 5.41) is 3.00. The summed E-state index contributed by atoms with van der Waals surface area (Å²) in [6.07, 6.45) is 2.81. The number of rotatable bonds is 5. The zero-order valence-corrected chi connectivity index (χ0v) is 17.3. The van der Waals surface area contributed by atoms with E-state index in [0.717, 1.165) is 61.5 Å². The van der Waals surface area contributed by atoms with Crippen molar-refractivity contribution >= 4 is 5.91 Å². The molecule has 4 nitrogen and oxygen atoms in total. The Hall–Kier alpha value is -2.40. The second-order valence-corrected chi connectivity index (χ2v) is 8.46. The van der Waals surface area contributed by atoms with Gasteiger partial charge in [0.05, 0.1) is 6.61 Å². The maximum Gasteiger partial charge on any atom is 0.220 e. The molecule has 1 amide bonds. The summed E-state index contributed by atoms with van der Waals surface area (Å²) in [5.41, 5.74) is 4.54. The Kier molecular flexibility index (Phi) is 5.59. The number of aryl methyl sites for hydroxylation is 1. The molecule has 0 atom stereocenters. The van der Waals surface area contributed by atoms with Gasteiger partial charge >= 0.3 is 0 Å². The summed E-state index contributed by atoms with van der Waals surface area (Å²) >= 11 is 0. The molecule has 0 aromatic heterocycles. The van der Waals surface area contributed by atoms with E-state index in [9.17, 15) is 9.18 Å². The molecule has 1 spiro atoms. The van der Waals surface area contributed by atoms with Crippen LogP contribution in [-0.4, -0.2) is 37.0 Å². The fourth-order valence-corrected chi connectivity index (χ4v) is 4.72. The fourth-order valence-electron chi connectivity index (χ4n) is 4.72. The highest BCUT2D eigenvalue weighted by atomic mass is 19.1. The van der Waals surface area contributed by atoms with Gasteiger partial charge in [-0.25, -0.2) is 4.39 Å². The second kappa shape index (κ2) is 8.15. The van der Waals surface area contributed by atoms with E-state index in [1.807, 2.05) is 6.92 Å². The predicted molar refractivity (Wildman–Crippen MR) is 112 cm³/mol. The number of carbonyl (C=O) groups excluding carboxylic acids is 1. The summed E-state index contributed by atoms with van der Waals surface area (Å²) in [6.45, 7) is 8.39. The number of hydrogen-bond acceptors (Lipinski definition) is 3. The van der Waals surface area contributed by atoms with E-state index in [2.05, 4.69) is 29.3 Å². The van der Waals surface area contributed by atoms with Crippen LogP contribution in [0, 0.1) is 18.2 Å². The topological polar surface area (TPSA) is 41.6 Å². The average Bonchev–Trinajstić information content (AvgIpc) is 3.05. The average molecular weight is 397 g/mol. The van der Waals surface area contributed by atoms with Crippen molar-refractivity contribution in [2.75, 3.05) is 26.2 Å². The molecule has 5 heteroatoms. The Morgan fingerprint density at radius 2 is 1.90 bits per heavy atom. The van der Waals surface area contributed by atoms with Crippen LogP contribution in [0.1, 0.15) is 37.3 Å². The molecule has 4 rings (SSSR count). The molecule has 2 aromatic rings. The van der Waals surface area contributed by atoms with Crippen molar-refractivity contribution in [2.45, 2.75) is 39.7 Å². The van der Waals surface area contributed by atoms with Gasteiger partial charge in [-0.3, -0.25) is 9.69 Å². The quantitative estimate of drug-likeness (QED) is 0.819. The van der Waals surface area contributed by atoms with Crippen LogP contribution in [0.15, 0.2) is 36.4 Å². The predicted octanol–water partition coefficient (Wildman–Crippen LogP) is 4.30. The van der Waals surface area contributed by atoms with Crippen LogP contribution >= 0.6 is 0 Å². The van der Waals surface area contributed by atoms with Gasteiger partial charge in [-0.1, -0.05) is 18.2 Å². The van der Waals surface area contributed by atoms with Crippen LogP contribution in [0.2, 0.25) is 0 Å². The van der Waals surface area contributed by atoms with Crippen molar-refractivity contribution in [1.82, 2.24) is 10.2 Å². The largest absolute Gasteiger partial charge is 0.493 e. The van der Waals surface area contributed by atoms with Crippen LogP contribution in [0.5, 0.6) is 5.75 Å². The Balaban J connectivity index is 1.51. The molecule has 2 aliphatic rings. The van der Waals surface area contributed by atoms with Crippen molar-refractivity contribution < 1.29 is 13.9 Å². The molecule has 154 valence electrons. The Morgan fingerprint density at radius 1 is 1.17 bits per heavy atom. The summed E-state index contributed by atoms with van der Waals surface area (Å²) in [6, 6.07) is 10.9. The van der Waals surface area contributed by atoms with Gasteiger partial charge in [0.1, 0.15) is 11.6 Å². The Labute approximate surface area is 172 Å². The Morgan fingerprint density at radius 3 is 2.52 bits per heavy atom. The van der Waals surface area contributed by atoms with E-state index < -0.39 is 0 Å². The van der Waals surface area contributed by atoms with Crippen LogP contribution in [-0.2, 0) is 11.3 Å². The molecule has 0 saturated carbocycles. The number of halogens is 1. The lowest BCUT2D eigenvalue weighted by Crippen LogP contribution is -2.40. The first-order valence-corrected chi connectivity index (χ1v) is 10.5. The molecule has 2 aromatic carbocycles. The number of ether oxygens (including phenoxy) is 1. The lowest BCUT2D eigenvalue weighted by Gasteiger charge is -2.38. The molecule has 1 N–H and O–H groups in total. The maximum absolute atomic E-state index is 13.3. The van der Waals surface area contributed by atoms with E-state index in [-0.39, 0.29) is 17.1 Å². The van der Waals surface area contributed by atoms with Crippen molar-refractivity contribution in [2.24, 2.45) is 5.41 Å². The monoisotopic (exact) mass is 396 g/mol. The smallest absolute Gasteiger partial charge is 0.220 e. The van der Waals surface area contributed by atoms with Gasteiger partial charge in [-0.2, -0.15) is 0 Å². The summed E-state index contributed by atoms with van der Waals surface area (Å²) < 4.78 is 19.3. The first-order chi connectivity index (χ1) is 14.0. The number of nitrogens with zero attached hydrogens (tertiary/aromatic N) is 1. The highest BCUT2D eigenvalue weighted by Gasteiger charge is 2.40. The zero-order valence-electron chi connectivity index (χ0n) is 17.3. The van der Waals surface area contributed by atoms with Gasteiger partial charge < -0.3 is 10.1 Å². The van der Waals surface area contributed by atoms with Crippen LogP contribution in [0.3, 0.4) is 0 Å². The number of piperidine rings is 1. The first-order valence-electron chi connectivity index (χ1n) is 10.5. The lowest BCUT2D eigenvalue weighted by molar-refractivity contribution is -0.119. The standard InChI is InChI=1S/C24H29FN2O2/c1-3-29-21-13-18(12-17(2)23(21)19-4-6-20(25)7-5-19)15-27-10-8-24(9-11-27)14-22(28)26-16-24/h4-7,12-13H,3,8-11,14-16H2,1-2H3,(H,26,28). The number of likely N-dealkylation sites (tertiary alicyclic amines) is 1. The number of hydrogen-bond donors (Lipinski definition) is 1. The molecular weight excluding hydrogens is 367 g/mol. The molecule has 0 unspecified atom stereocenters. The van der Waals surface area contributed by atoms with Crippen LogP contribution in [0.4, 0.5) is 4.39 Å². The summed E-state index contributed by atoms with van der Waals surface area (Å²) in [5.74, 6) is 0.822. The van der Waals surface area contributed by atoms with E-state index in [1.54, 1.807) is 12.1 Å². The van der Waals surface area contributed by atoms with Crippen molar-refractivity contribution in [3.05, 3.63) is 53.3 Å². The molecule has 2 aliphatic heterocycles. The SMILES string of the molecule is CCOc1cc(CN2CCC3(CC2)CNC(=O)C3)cc(C)c1-c1ccc(F)cc1. The van der Waals surface area contributed by atoms with Crippen LogP contribution in [0.25, 0.3) is 11.1 Å². The van der Waals surface area contributed by atoms with Gasteiger partial charge in [-0.05, 0) is 80.1 Å².